The van der Waals surface area contributed by atoms with Crippen LogP contribution in [-0.2, 0) is 0 Å². The number of hydrogen-bond acceptors (Lipinski definition) is 1. The molecule has 0 aliphatic carbocycles. The summed E-state index contributed by atoms with van der Waals surface area (Å²) in [6.07, 6.45) is 0.784. The van der Waals surface area contributed by atoms with Crippen LogP contribution in [0.25, 0.3) is 0 Å². The Bertz CT molecular complexity index is 360. The van der Waals surface area contributed by atoms with Gasteiger partial charge in [-0.1, -0.05) is 20.3 Å². The van der Waals surface area contributed by atoms with Gasteiger partial charge in [0.15, 0.2) is 0 Å². The summed E-state index contributed by atoms with van der Waals surface area (Å²) in [5.41, 5.74) is 5.79. The van der Waals surface area contributed by atoms with Gasteiger partial charge in [-0.3, -0.25) is 0 Å². The van der Waals surface area contributed by atoms with Gasteiger partial charge < -0.3 is 5.73 Å². The van der Waals surface area contributed by atoms with Crippen LogP contribution in [0.5, 0.6) is 0 Å². The van der Waals surface area contributed by atoms with Crippen molar-refractivity contribution in [1.82, 2.24) is 0 Å². The zero-order chi connectivity index (χ0) is 11.6. The van der Waals surface area contributed by atoms with Gasteiger partial charge in [-0.2, -0.15) is 0 Å². The molecule has 0 fully saturated rings. The van der Waals surface area contributed by atoms with Gasteiger partial charge in [-0.25, -0.2) is 8.78 Å². The topological polar surface area (TPSA) is 26.0 Å². The second kappa shape index (κ2) is 6.52. The summed E-state index contributed by atoms with van der Waals surface area (Å²) in [6.45, 7) is 3.82. The van der Waals surface area contributed by atoms with E-state index >= 15 is 0 Å². The maximum atomic E-state index is 13.6. The third kappa shape index (κ3) is 3.15. The highest BCUT2D eigenvalue weighted by Crippen LogP contribution is 2.30. The van der Waals surface area contributed by atoms with Crippen LogP contribution in [0.4, 0.5) is 8.78 Å². The minimum atomic E-state index is -0.604. The van der Waals surface area contributed by atoms with Crippen molar-refractivity contribution in [3.8, 4) is 0 Å². The van der Waals surface area contributed by atoms with Crippen molar-refractivity contribution in [3.63, 3.8) is 0 Å². The van der Waals surface area contributed by atoms with Gasteiger partial charge in [0.1, 0.15) is 11.6 Å². The van der Waals surface area contributed by atoms with Gasteiger partial charge >= 0.3 is 0 Å². The molecule has 0 bridgehead atoms. The van der Waals surface area contributed by atoms with Crippen molar-refractivity contribution in [3.05, 3.63) is 33.8 Å². The first-order chi connectivity index (χ1) is 6.99. The average molecular weight is 315 g/mol. The van der Waals surface area contributed by atoms with Gasteiger partial charge in [0.2, 0.25) is 0 Å². The van der Waals surface area contributed by atoms with E-state index in [4.69, 9.17) is 5.73 Å². The van der Waals surface area contributed by atoms with Gasteiger partial charge in [0, 0.05) is 11.6 Å². The number of nitrogens with two attached hydrogens (primary N) is 1. The molecule has 0 spiro atoms. The minimum Gasteiger partial charge on any atom is -0.324 e. The molecule has 1 nitrogen and oxygen atoms in total. The monoisotopic (exact) mass is 313 g/mol. The highest BCUT2D eigenvalue weighted by atomic mass is 79.9. The molecule has 1 aromatic carbocycles. The molecular weight excluding hydrogens is 299 g/mol. The number of benzene rings is 1. The van der Waals surface area contributed by atoms with Crippen LogP contribution in [0, 0.1) is 17.6 Å². The predicted molar refractivity (Wildman–Crippen MR) is 67.7 cm³/mol. The third-order valence-electron chi connectivity index (χ3n) is 2.67. The summed E-state index contributed by atoms with van der Waals surface area (Å²) >= 11 is 3.02. The van der Waals surface area contributed by atoms with E-state index in [9.17, 15) is 8.78 Å². The second-order valence-corrected chi connectivity index (χ2v) is 4.52. The fourth-order valence-corrected chi connectivity index (χ4v) is 1.73. The van der Waals surface area contributed by atoms with E-state index in [1.165, 1.54) is 12.1 Å². The largest absolute Gasteiger partial charge is 0.324 e. The van der Waals surface area contributed by atoms with Gasteiger partial charge in [-0.05, 0) is 34.0 Å². The van der Waals surface area contributed by atoms with Crippen LogP contribution < -0.4 is 5.73 Å². The van der Waals surface area contributed by atoms with E-state index < -0.39 is 17.7 Å². The van der Waals surface area contributed by atoms with Gasteiger partial charge in [-0.15, -0.1) is 12.4 Å². The fraction of sp³-hybridized carbons (Fsp3) is 0.455. The standard InChI is InChI=1S/C11H14BrF2N.ClH/c1-3-6(2)11(15)9-8(13)5-4-7(12)10(9)14;/h4-6,11H,3,15H2,1-2H3;1H/t6?,11-;/m0./s1. The first-order valence-corrected chi connectivity index (χ1v) is 5.67. The fourth-order valence-electron chi connectivity index (χ4n) is 1.39. The molecule has 1 rings (SSSR count). The van der Waals surface area contributed by atoms with Crippen molar-refractivity contribution in [1.29, 1.82) is 0 Å². The van der Waals surface area contributed by atoms with Gasteiger partial charge in [0.05, 0.1) is 4.47 Å². The first kappa shape index (κ1) is 15.8. The molecule has 0 saturated heterocycles. The molecule has 0 saturated carbocycles. The lowest BCUT2D eigenvalue weighted by molar-refractivity contribution is 0.418. The Balaban J connectivity index is 0.00000225. The Morgan fingerprint density at radius 2 is 1.94 bits per heavy atom. The molecule has 0 heterocycles. The Morgan fingerprint density at radius 1 is 1.38 bits per heavy atom. The predicted octanol–water partition coefficient (Wildman–Crippen LogP) is 4.20. The minimum absolute atomic E-state index is 0. The lowest BCUT2D eigenvalue weighted by atomic mass is 9.92. The van der Waals surface area contributed by atoms with E-state index in [0.29, 0.717) is 0 Å². The summed E-state index contributed by atoms with van der Waals surface area (Å²) in [7, 11) is 0. The third-order valence-corrected chi connectivity index (χ3v) is 3.28. The molecule has 2 atom stereocenters. The Kier molecular flexibility index (Phi) is 6.44. The summed E-state index contributed by atoms with van der Waals surface area (Å²) in [4.78, 5) is 0. The van der Waals surface area contributed by atoms with Crippen molar-refractivity contribution < 1.29 is 8.78 Å². The molecular formula is C11H15BrClF2N. The summed E-state index contributed by atoms with van der Waals surface area (Å²) in [5, 5.41) is 0. The van der Waals surface area contributed by atoms with Crippen LogP contribution in [0.15, 0.2) is 16.6 Å². The quantitative estimate of drug-likeness (QED) is 0.832. The molecule has 0 radical (unpaired) electrons. The molecule has 0 aliphatic rings. The zero-order valence-corrected chi connectivity index (χ0v) is 11.5. The van der Waals surface area contributed by atoms with Crippen LogP contribution in [0.2, 0.25) is 0 Å². The first-order valence-electron chi connectivity index (χ1n) is 4.88. The Labute approximate surface area is 109 Å². The molecule has 0 aliphatic heterocycles. The molecule has 1 aromatic rings. The van der Waals surface area contributed by atoms with Crippen molar-refractivity contribution in [2.45, 2.75) is 26.3 Å². The zero-order valence-electron chi connectivity index (χ0n) is 9.14. The normalized spacial score (nSPS) is 14.1. The maximum absolute atomic E-state index is 13.6. The van der Waals surface area contributed by atoms with Crippen molar-refractivity contribution >= 4 is 28.3 Å². The second-order valence-electron chi connectivity index (χ2n) is 3.67. The molecule has 16 heavy (non-hydrogen) atoms. The molecule has 0 aromatic heterocycles. The molecule has 5 heteroatoms. The number of hydrogen-bond donors (Lipinski definition) is 1. The van der Waals surface area contributed by atoms with E-state index in [0.717, 1.165) is 6.42 Å². The van der Waals surface area contributed by atoms with Crippen molar-refractivity contribution in [2.24, 2.45) is 11.7 Å². The van der Waals surface area contributed by atoms with Crippen LogP contribution in [-0.4, -0.2) is 0 Å². The summed E-state index contributed by atoms with van der Waals surface area (Å²) < 4.78 is 27.3. The van der Waals surface area contributed by atoms with E-state index in [1.54, 1.807) is 0 Å². The molecule has 92 valence electrons. The summed E-state index contributed by atoms with van der Waals surface area (Å²) in [5.74, 6) is -1.13. The average Bonchev–Trinajstić information content (AvgIpc) is 2.22. The molecule has 0 amide bonds. The molecule has 2 N–H and O–H groups in total. The lowest BCUT2D eigenvalue weighted by Gasteiger charge is -2.20. The van der Waals surface area contributed by atoms with E-state index in [2.05, 4.69) is 15.9 Å². The lowest BCUT2D eigenvalue weighted by Crippen LogP contribution is -2.21. The number of rotatable bonds is 3. The van der Waals surface area contributed by atoms with Crippen LogP contribution in [0.3, 0.4) is 0 Å². The van der Waals surface area contributed by atoms with E-state index in [-0.39, 0.29) is 28.4 Å². The Hall–Kier alpha value is -0.190. The molecule has 1 unspecified atom stereocenters. The smallest absolute Gasteiger partial charge is 0.145 e. The number of halogens is 4. The van der Waals surface area contributed by atoms with Gasteiger partial charge in [0.25, 0.3) is 0 Å². The van der Waals surface area contributed by atoms with Crippen LogP contribution >= 0.6 is 28.3 Å². The maximum Gasteiger partial charge on any atom is 0.145 e. The highest BCUT2D eigenvalue weighted by molar-refractivity contribution is 9.10. The van der Waals surface area contributed by atoms with E-state index in [1.807, 2.05) is 13.8 Å². The highest BCUT2D eigenvalue weighted by Gasteiger charge is 2.22. The van der Waals surface area contributed by atoms with Crippen molar-refractivity contribution in [2.75, 3.05) is 0 Å². The SMILES string of the molecule is CCC(C)[C@H](N)c1c(F)ccc(Br)c1F.Cl. The van der Waals surface area contributed by atoms with Crippen LogP contribution in [0.1, 0.15) is 31.9 Å². The summed E-state index contributed by atoms with van der Waals surface area (Å²) in [6, 6.07) is 1.97. The Morgan fingerprint density at radius 3 is 2.44 bits per heavy atom.